The Morgan fingerprint density at radius 3 is 2.28 bits per heavy atom. The number of hydrogen-bond donors (Lipinski definition) is 0. The summed E-state index contributed by atoms with van der Waals surface area (Å²) in [6.45, 7) is 3.16. The fourth-order valence-corrected chi connectivity index (χ4v) is 6.11. The van der Waals surface area contributed by atoms with Gasteiger partial charge < -0.3 is 9.80 Å². The summed E-state index contributed by atoms with van der Waals surface area (Å²) in [5, 5.41) is 0.564. The molecule has 2 fully saturated rings. The van der Waals surface area contributed by atoms with Crippen LogP contribution in [0.25, 0.3) is 0 Å². The van der Waals surface area contributed by atoms with Crippen molar-refractivity contribution in [3.05, 3.63) is 64.9 Å². The van der Waals surface area contributed by atoms with Crippen LogP contribution in [-0.4, -0.2) is 62.8 Å². The molecule has 1 amide bonds. The summed E-state index contributed by atoms with van der Waals surface area (Å²) in [7, 11) is -3.51. The molecule has 6 nitrogen and oxygen atoms in total. The third kappa shape index (κ3) is 5.42. The number of piperazine rings is 1. The van der Waals surface area contributed by atoms with Crippen molar-refractivity contribution in [2.24, 2.45) is 5.92 Å². The summed E-state index contributed by atoms with van der Waals surface area (Å²) < 4.78 is 40.5. The molecule has 0 spiro atoms. The largest absolute Gasteiger partial charge is 0.368 e. The molecule has 4 rings (SSSR count). The molecule has 32 heavy (non-hydrogen) atoms. The predicted octanol–water partition coefficient (Wildman–Crippen LogP) is 3.37. The predicted molar refractivity (Wildman–Crippen MR) is 124 cm³/mol. The van der Waals surface area contributed by atoms with E-state index < -0.39 is 10.0 Å². The maximum absolute atomic E-state index is 13.2. The van der Waals surface area contributed by atoms with Crippen molar-refractivity contribution in [1.29, 1.82) is 0 Å². The van der Waals surface area contributed by atoms with Gasteiger partial charge in [-0.15, -0.1) is 0 Å². The molecule has 2 saturated heterocycles. The van der Waals surface area contributed by atoms with Crippen molar-refractivity contribution >= 4 is 33.2 Å². The van der Waals surface area contributed by atoms with Crippen molar-refractivity contribution in [2.75, 3.05) is 44.2 Å². The molecule has 1 unspecified atom stereocenters. The van der Waals surface area contributed by atoms with Crippen LogP contribution in [0.5, 0.6) is 0 Å². The molecule has 172 valence electrons. The van der Waals surface area contributed by atoms with E-state index in [4.69, 9.17) is 11.6 Å². The number of anilines is 1. The van der Waals surface area contributed by atoms with Crippen LogP contribution >= 0.6 is 11.6 Å². The first-order valence-corrected chi connectivity index (χ1v) is 12.8. The highest BCUT2D eigenvalue weighted by Gasteiger charge is 2.35. The van der Waals surface area contributed by atoms with Crippen LogP contribution in [0.3, 0.4) is 0 Å². The average Bonchev–Trinajstić information content (AvgIpc) is 2.81. The molecule has 2 heterocycles. The molecule has 0 aromatic heterocycles. The topological polar surface area (TPSA) is 60.9 Å². The second-order valence-corrected chi connectivity index (χ2v) is 10.8. The van der Waals surface area contributed by atoms with Gasteiger partial charge in [0, 0.05) is 50.0 Å². The molecular formula is C23H27ClFN3O3S. The second kappa shape index (κ2) is 9.77. The third-order valence-corrected chi connectivity index (χ3v) is 8.24. The average molecular weight is 480 g/mol. The van der Waals surface area contributed by atoms with Crippen LogP contribution in [-0.2, 0) is 20.6 Å². The molecular weight excluding hydrogens is 453 g/mol. The number of sulfonamides is 1. The molecule has 0 aliphatic carbocycles. The first-order chi connectivity index (χ1) is 15.3. The van der Waals surface area contributed by atoms with E-state index in [1.165, 1.54) is 16.4 Å². The maximum atomic E-state index is 13.2. The molecule has 2 aliphatic heterocycles. The number of piperidine rings is 1. The van der Waals surface area contributed by atoms with E-state index >= 15 is 0 Å². The van der Waals surface area contributed by atoms with Gasteiger partial charge >= 0.3 is 0 Å². The van der Waals surface area contributed by atoms with Crippen LogP contribution in [0.15, 0.2) is 48.5 Å². The minimum atomic E-state index is -3.51. The lowest BCUT2D eigenvalue weighted by Crippen LogP contribution is -2.53. The van der Waals surface area contributed by atoms with Gasteiger partial charge in [-0.1, -0.05) is 23.7 Å². The zero-order chi connectivity index (χ0) is 22.7. The summed E-state index contributed by atoms with van der Waals surface area (Å²) in [6, 6.07) is 13.2. The second-order valence-electron chi connectivity index (χ2n) is 8.37. The van der Waals surface area contributed by atoms with Gasteiger partial charge in [-0.2, -0.15) is 0 Å². The van der Waals surface area contributed by atoms with E-state index in [9.17, 15) is 17.6 Å². The zero-order valence-corrected chi connectivity index (χ0v) is 19.4. The highest BCUT2D eigenvalue weighted by molar-refractivity contribution is 7.88. The molecule has 9 heteroatoms. The molecule has 0 bridgehead atoms. The first-order valence-electron chi connectivity index (χ1n) is 10.8. The van der Waals surface area contributed by atoms with Gasteiger partial charge in [-0.05, 0) is 54.8 Å². The maximum Gasteiger partial charge on any atom is 0.227 e. The van der Waals surface area contributed by atoms with Gasteiger partial charge in [0.25, 0.3) is 0 Å². The Bertz CT molecular complexity index is 1040. The number of halogens is 2. The Morgan fingerprint density at radius 2 is 1.62 bits per heavy atom. The van der Waals surface area contributed by atoms with E-state index in [2.05, 4.69) is 4.90 Å². The number of carbonyl (C=O) groups excluding carboxylic acids is 1. The Morgan fingerprint density at radius 1 is 0.969 bits per heavy atom. The first kappa shape index (κ1) is 23.0. The van der Waals surface area contributed by atoms with Crippen molar-refractivity contribution in [1.82, 2.24) is 9.21 Å². The van der Waals surface area contributed by atoms with Crippen molar-refractivity contribution in [3.8, 4) is 0 Å². The van der Waals surface area contributed by atoms with Crippen molar-refractivity contribution in [3.63, 3.8) is 0 Å². The highest BCUT2D eigenvalue weighted by atomic mass is 35.5. The standard InChI is InChI=1S/C23H27ClFN3O3S/c24-20-5-3-18(4-6-20)17-32(30,31)28-11-1-2-19(16-28)23(29)27-14-12-26(13-15-27)22-9-7-21(25)8-10-22/h3-10,19H,1-2,11-17H2. The molecule has 1 atom stereocenters. The molecule has 2 aromatic carbocycles. The van der Waals surface area contributed by atoms with E-state index in [-0.39, 0.29) is 29.9 Å². The number of nitrogens with zero attached hydrogens (tertiary/aromatic N) is 3. The number of carbonyl (C=O) groups is 1. The van der Waals surface area contributed by atoms with E-state index in [1.54, 1.807) is 36.4 Å². The SMILES string of the molecule is O=C(C1CCCN(S(=O)(=O)Cc2ccc(Cl)cc2)C1)N1CCN(c2ccc(F)cc2)CC1. The van der Waals surface area contributed by atoms with Crippen molar-refractivity contribution < 1.29 is 17.6 Å². The fraction of sp³-hybridized carbons (Fsp3) is 0.435. The van der Waals surface area contributed by atoms with Crippen LogP contribution in [0, 0.1) is 11.7 Å². The van der Waals surface area contributed by atoms with E-state index in [0.29, 0.717) is 56.2 Å². The summed E-state index contributed by atoms with van der Waals surface area (Å²) in [5.74, 6) is -0.659. The van der Waals surface area contributed by atoms with Crippen LogP contribution in [0.4, 0.5) is 10.1 Å². The number of rotatable bonds is 5. The summed E-state index contributed by atoms with van der Waals surface area (Å²) >= 11 is 5.89. The molecule has 0 N–H and O–H groups in total. The lowest BCUT2D eigenvalue weighted by molar-refractivity contribution is -0.137. The summed E-state index contributed by atoms with van der Waals surface area (Å²) in [5.41, 5.74) is 1.62. The summed E-state index contributed by atoms with van der Waals surface area (Å²) in [4.78, 5) is 17.1. The minimum Gasteiger partial charge on any atom is -0.368 e. The normalized spacial score (nSPS) is 20.4. The smallest absolute Gasteiger partial charge is 0.227 e. The third-order valence-electron chi connectivity index (χ3n) is 6.17. The van der Waals surface area contributed by atoms with Crippen LogP contribution in [0.1, 0.15) is 18.4 Å². The molecule has 0 radical (unpaired) electrons. The number of benzene rings is 2. The molecule has 0 saturated carbocycles. The number of hydrogen-bond acceptors (Lipinski definition) is 4. The number of amides is 1. The van der Waals surface area contributed by atoms with Gasteiger partial charge in [0.15, 0.2) is 0 Å². The Balaban J connectivity index is 1.34. The van der Waals surface area contributed by atoms with E-state index in [0.717, 1.165) is 5.69 Å². The Hall–Kier alpha value is -2.16. The molecule has 2 aliphatic rings. The molecule has 2 aromatic rings. The Labute approximate surface area is 193 Å². The van der Waals surface area contributed by atoms with E-state index in [1.807, 2.05) is 4.90 Å². The van der Waals surface area contributed by atoms with Crippen LogP contribution in [0.2, 0.25) is 5.02 Å². The minimum absolute atomic E-state index is 0.0233. The van der Waals surface area contributed by atoms with Crippen LogP contribution < -0.4 is 4.90 Å². The van der Waals surface area contributed by atoms with Crippen molar-refractivity contribution in [2.45, 2.75) is 18.6 Å². The van der Waals surface area contributed by atoms with Gasteiger partial charge in [-0.3, -0.25) is 4.79 Å². The van der Waals surface area contributed by atoms with Gasteiger partial charge in [0.05, 0.1) is 11.7 Å². The lowest BCUT2D eigenvalue weighted by Gasteiger charge is -2.39. The van der Waals surface area contributed by atoms with Gasteiger partial charge in [0.2, 0.25) is 15.9 Å². The lowest BCUT2D eigenvalue weighted by atomic mass is 9.97. The quantitative estimate of drug-likeness (QED) is 0.659. The zero-order valence-electron chi connectivity index (χ0n) is 17.8. The van der Waals surface area contributed by atoms with Gasteiger partial charge in [0.1, 0.15) is 5.82 Å². The van der Waals surface area contributed by atoms with Gasteiger partial charge in [-0.25, -0.2) is 17.1 Å². The highest BCUT2D eigenvalue weighted by Crippen LogP contribution is 2.25. The monoisotopic (exact) mass is 479 g/mol. The summed E-state index contributed by atoms with van der Waals surface area (Å²) in [6.07, 6.45) is 1.37. The Kier molecular flexibility index (Phi) is 7.02. The fourth-order valence-electron chi connectivity index (χ4n) is 4.37.